The van der Waals surface area contributed by atoms with E-state index in [0.717, 1.165) is 6.42 Å². The number of hydrogen-bond donors (Lipinski definition) is 2. The molecule has 0 bridgehead atoms. The highest BCUT2D eigenvalue weighted by Crippen LogP contribution is 1.99. The second kappa shape index (κ2) is 5.59. The minimum atomic E-state index is -0.0553. The van der Waals surface area contributed by atoms with Crippen molar-refractivity contribution in [3.63, 3.8) is 0 Å². The summed E-state index contributed by atoms with van der Waals surface area (Å²) in [4.78, 5) is 24.3. The van der Waals surface area contributed by atoms with Crippen molar-refractivity contribution in [3.05, 3.63) is 0 Å². The molecular weight excluding hydrogens is 182 g/mol. The summed E-state index contributed by atoms with van der Waals surface area (Å²) < 4.78 is 0. The highest BCUT2D eigenvalue weighted by atomic mass is 16.2. The lowest BCUT2D eigenvalue weighted by molar-refractivity contribution is -0.135. The van der Waals surface area contributed by atoms with Crippen LogP contribution in [0.1, 0.15) is 12.8 Å². The average molecular weight is 199 g/mol. The lowest BCUT2D eigenvalue weighted by Gasteiger charge is -2.18. The van der Waals surface area contributed by atoms with Gasteiger partial charge in [-0.25, -0.2) is 0 Å². The van der Waals surface area contributed by atoms with E-state index in [-0.39, 0.29) is 18.4 Å². The van der Waals surface area contributed by atoms with E-state index in [0.29, 0.717) is 26.1 Å². The van der Waals surface area contributed by atoms with Crippen molar-refractivity contribution in [1.29, 1.82) is 0 Å². The predicted octanol–water partition coefficient (Wildman–Crippen LogP) is -1.06. The molecule has 80 valence electrons. The zero-order valence-electron chi connectivity index (χ0n) is 8.51. The van der Waals surface area contributed by atoms with E-state index in [1.54, 1.807) is 4.90 Å². The molecule has 0 radical (unpaired) electrons. The Labute approximate surface area is 83.8 Å². The lowest BCUT2D eigenvalue weighted by Crippen LogP contribution is -2.38. The van der Waals surface area contributed by atoms with Crippen LogP contribution in [-0.2, 0) is 9.59 Å². The van der Waals surface area contributed by atoms with E-state index < -0.39 is 0 Å². The predicted molar refractivity (Wildman–Crippen MR) is 52.8 cm³/mol. The average Bonchev–Trinajstić information content (AvgIpc) is 2.39. The van der Waals surface area contributed by atoms with Gasteiger partial charge in [-0.15, -0.1) is 0 Å². The van der Waals surface area contributed by atoms with Crippen LogP contribution in [-0.4, -0.2) is 49.9 Å². The van der Waals surface area contributed by atoms with Gasteiger partial charge in [-0.3, -0.25) is 9.59 Å². The minimum Gasteiger partial charge on any atom is -0.354 e. The second-order valence-electron chi connectivity index (χ2n) is 3.37. The number of rotatable bonds is 3. The topological polar surface area (TPSA) is 61.4 Å². The standard InChI is InChI=1S/C9H17N3O2/c1-10-5-3-9(14)12-6-2-4-11-8(13)7-12/h10H,2-7H2,1H3,(H,11,13). The Morgan fingerprint density at radius 2 is 2.43 bits per heavy atom. The van der Waals surface area contributed by atoms with Crippen LogP contribution in [0.3, 0.4) is 0 Å². The van der Waals surface area contributed by atoms with Crippen LogP contribution < -0.4 is 10.6 Å². The molecule has 0 saturated carbocycles. The molecule has 1 aliphatic heterocycles. The lowest BCUT2D eigenvalue weighted by atomic mass is 10.3. The van der Waals surface area contributed by atoms with Crippen molar-refractivity contribution in [2.75, 3.05) is 33.2 Å². The first kappa shape index (κ1) is 11.0. The smallest absolute Gasteiger partial charge is 0.239 e. The maximum Gasteiger partial charge on any atom is 0.239 e. The number of nitrogens with zero attached hydrogens (tertiary/aromatic N) is 1. The third-order valence-electron chi connectivity index (χ3n) is 2.20. The summed E-state index contributed by atoms with van der Waals surface area (Å²) in [5.41, 5.74) is 0. The van der Waals surface area contributed by atoms with Crippen molar-refractivity contribution < 1.29 is 9.59 Å². The molecule has 1 saturated heterocycles. The normalized spacial score (nSPS) is 17.5. The molecule has 0 aliphatic carbocycles. The largest absolute Gasteiger partial charge is 0.354 e. The fraction of sp³-hybridized carbons (Fsp3) is 0.778. The summed E-state index contributed by atoms with van der Waals surface area (Å²) in [6, 6.07) is 0. The fourth-order valence-corrected chi connectivity index (χ4v) is 1.41. The summed E-state index contributed by atoms with van der Waals surface area (Å²) in [5.74, 6) is -0.00305. The molecule has 0 spiro atoms. The minimum absolute atomic E-state index is 0.0522. The van der Waals surface area contributed by atoms with Gasteiger partial charge in [0.25, 0.3) is 0 Å². The first-order valence-electron chi connectivity index (χ1n) is 4.93. The van der Waals surface area contributed by atoms with Gasteiger partial charge in [-0.05, 0) is 13.5 Å². The van der Waals surface area contributed by atoms with Crippen molar-refractivity contribution in [2.24, 2.45) is 0 Å². The quantitative estimate of drug-likeness (QED) is 0.609. The molecule has 1 heterocycles. The molecule has 1 aliphatic rings. The SMILES string of the molecule is CNCCC(=O)N1CCCNC(=O)C1. The molecule has 2 N–H and O–H groups in total. The zero-order chi connectivity index (χ0) is 10.4. The maximum atomic E-state index is 11.6. The molecule has 1 rings (SSSR count). The monoisotopic (exact) mass is 199 g/mol. The van der Waals surface area contributed by atoms with Crippen molar-refractivity contribution in [3.8, 4) is 0 Å². The van der Waals surface area contributed by atoms with Gasteiger partial charge in [0.15, 0.2) is 0 Å². The van der Waals surface area contributed by atoms with Gasteiger partial charge in [0, 0.05) is 26.1 Å². The summed E-state index contributed by atoms with van der Waals surface area (Å²) in [6.07, 6.45) is 1.31. The van der Waals surface area contributed by atoms with E-state index >= 15 is 0 Å². The molecule has 2 amide bonds. The van der Waals surface area contributed by atoms with Crippen LogP contribution in [0.15, 0.2) is 0 Å². The van der Waals surface area contributed by atoms with Crippen LogP contribution in [0.25, 0.3) is 0 Å². The van der Waals surface area contributed by atoms with Gasteiger partial charge in [-0.2, -0.15) is 0 Å². The summed E-state index contributed by atoms with van der Waals surface area (Å²) in [7, 11) is 1.81. The molecule has 0 aromatic carbocycles. The molecule has 0 aromatic rings. The Morgan fingerprint density at radius 1 is 1.64 bits per heavy atom. The molecule has 5 nitrogen and oxygen atoms in total. The Balaban J connectivity index is 2.40. The van der Waals surface area contributed by atoms with Crippen LogP contribution in [0.2, 0.25) is 0 Å². The van der Waals surface area contributed by atoms with Crippen molar-refractivity contribution in [1.82, 2.24) is 15.5 Å². The maximum absolute atomic E-state index is 11.6. The van der Waals surface area contributed by atoms with E-state index in [9.17, 15) is 9.59 Å². The van der Waals surface area contributed by atoms with Crippen LogP contribution in [0.5, 0.6) is 0 Å². The third-order valence-corrected chi connectivity index (χ3v) is 2.20. The number of carbonyl (C=O) groups excluding carboxylic acids is 2. The fourth-order valence-electron chi connectivity index (χ4n) is 1.41. The van der Waals surface area contributed by atoms with Crippen LogP contribution in [0.4, 0.5) is 0 Å². The molecule has 5 heteroatoms. The van der Waals surface area contributed by atoms with Gasteiger partial charge >= 0.3 is 0 Å². The van der Waals surface area contributed by atoms with E-state index in [4.69, 9.17) is 0 Å². The summed E-state index contributed by atoms with van der Waals surface area (Å²) >= 11 is 0. The number of amides is 2. The molecule has 0 unspecified atom stereocenters. The molecule has 0 atom stereocenters. The summed E-state index contributed by atoms with van der Waals surface area (Å²) in [5, 5.41) is 5.65. The zero-order valence-corrected chi connectivity index (χ0v) is 8.51. The first-order chi connectivity index (χ1) is 6.74. The van der Waals surface area contributed by atoms with Crippen LogP contribution >= 0.6 is 0 Å². The number of hydrogen-bond acceptors (Lipinski definition) is 3. The van der Waals surface area contributed by atoms with E-state index in [1.807, 2.05) is 7.05 Å². The Kier molecular flexibility index (Phi) is 4.39. The van der Waals surface area contributed by atoms with Gasteiger partial charge in [0.05, 0.1) is 6.54 Å². The van der Waals surface area contributed by atoms with Crippen molar-refractivity contribution >= 4 is 11.8 Å². The number of nitrogens with one attached hydrogen (secondary N) is 2. The highest BCUT2D eigenvalue weighted by molar-refractivity contribution is 5.85. The Hall–Kier alpha value is -1.10. The molecule has 1 fully saturated rings. The Bertz CT molecular complexity index is 218. The van der Waals surface area contributed by atoms with E-state index in [2.05, 4.69) is 10.6 Å². The Morgan fingerprint density at radius 3 is 3.14 bits per heavy atom. The van der Waals surface area contributed by atoms with Crippen molar-refractivity contribution in [2.45, 2.75) is 12.8 Å². The van der Waals surface area contributed by atoms with Gasteiger partial charge < -0.3 is 15.5 Å². The van der Waals surface area contributed by atoms with E-state index in [1.165, 1.54) is 0 Å². The number of carbonyl (C=O) groups is 2. The first-order valence-corrected chi connectivity index (χ1v) is 4.93. The second-order valence-corrected chi connectivity index (χ2v) is 3.37. The summed E-state index contributed by atoms with van der Waals surface area (Å²) in [6.45, 7) is 2.23. The molecular formula is C9H17N3O2. The van der Waals surface area contributed by atoms with Gasteiger partial charge in [-0.1, -0.05) is 0 Å². The molecule has 14 heavy (non-hydrogen) atoms. The third kappa shape index (κ3) is 3.33. The highest BCUT2D eigenvalue weighted by Gasteiger charge is 2.18. The van der Waals surface area contributed by atoms with Gasteiger partial charge in [0.2, 0.25) is 11.8 Å². The van der Waals surface area contributed by atoms with Crippen LogP contribution in [0, 0.1) is 0 Å². The van der Waals surface area contributed by atoms with Gasteiger partial charge in [0.1, 0.15) is 0 Å². The molecule has 0 aromatic heterocycles.